The molecule has 1 aliphatic carbocycles. The van der Waals surface area contributed by atoms with Crippen LogP contribution in [0.3, 0.4) is 0 Å². The van der Waals surface area contributed by atoms with Crippen LogP contribution in [0.5, 0.6) is 0 Å². The minimum absolute atomic E-state index is 0.472. The molecule has 1 unspecified atom stereocenters. The van der Waals surface area contributed by atoms with Crippen LogP contribution < -0.4 is 0 Å². The highest BCUT2D eigenvalue weighted by molar-refractivity contribution is 14.1. The monoisotopic (exact) mass is 334 g/mol. The Morgan fingerprint density at radius 1 is 1.62 bits per heavy atom. The molecule has 0 spiro atoms. The fourth-order valence-electron chi connectivity index (χ4n) is 2.11. The summed E-state index contributed by atoms with van der Waals surface area (Å²) < 4.78 is 6.66. The van der Waals surface area contributed by atoms with Crippen LogP contribution in [-0.4, -0.2) is 17.6 Å². The summed E-state index contributed by atoms with van der Waals surface area (Å²) in [6.07, 6.45) is 12.5. The second kappa shape index (κ2) is 8.29. The summed E-state index contributed by atoms with van der Waals surface area (Å²) in [5.74, 6) is 0. The van der Waals surface area contributed by atoms with Crippen molar-refractivity contribution in [1.82, 2.24) is 0 Å². The molecule has 0 aromatic heterocycles. The van der Waals surface area contributed by atoms with E-state index in [1.54, 1.807) is 5.57 Å². The summed E-state index contributed by atoms with van der Waals surface area (Å²) in [6.45, 7) is 2.24. The average molecular weight is 334 g/mol. The Labute approximate surface area is 113 Å². The number of ether oxygens (including phenoxy) is 1. The van der Waals surface area contributed by atoms with Gasteiger partial charge in [0.25, 0.3) is 0 Å². The molecule has 0 aromatic rings. The highest BCUT2D eigenvalue weighted by Crippen LogP contribution is 2.24. The Morgan fingerprint density at radius 3 is 3.12 bits per heavy atom. The maximum Gasteiger partial charge on any atom is 0.0611 e. The van der Waals surface area contributed by atoms with Gasteiger partial charge in [0.05, 0.1) is 6.10 Å². The van der Waals surface area contributed by atoms with Crippen molar-refractivity contribution in [3.05, 3.63) is 23.3 Å². The molecular formula is C14H23IO. The molecule has 0 N–H and O–H groups in total. The van der Waals surface area contributed by atoms with E-state index in [0.29, 0.717) is 6.10 Å². The van der Waals surface area contributed by atoms with E-state index in [4.69, 9.17) is 4.74 Å². The number of halogens is 1. The van der Waals surface area contributed by atoms with Gasteiger partial charge in [-0.05, 0) is 45.4 Å². The fraction of sp³-hybridized carbons (Fsp3) is 0.714. The lowest BCUT2D eigenvalue weighted by molar-refractivity contribution is 0.0917. The van der Waals surface area contributed by atoms with Gasteiger partial charge in [0.2, 0.25) is 0 Å². The number of rotatable bonds is 6. The van der Waals surface area contributed by atoms with E-state index in [0.717, 1.165) is 6.42 Å². The van der Waals surface area contributed by atoms with Crippen molar-refractivity contribution in [2.75, 3.05) is 11.5 Å². The minimum atomic E-state index is 0.472. The Kier molecular flexibility index (Phi) is 7.37. The predicted octanol–water partition coefficient (Wildman–Crippen LogP) is 4.66. The summed E-state index contributed by atoms with van der Waals surface area (Å²) in [5.41, 5.74) is 3.13. The summed E-state index contributed by atoms with van der Waals surface area (Å²) in [4.78, 5) is 0. The van der Waals surface area contributed by atoms with Gasteiger partial charge < -0.3 is 4.74 Å². The van der Waals surface area contributed by atoms with Crippen molar-refractivity contribution >= 4 is 22.6 Å². The van der Waals surface area contributed by atoms with Gasteiger partial charge in [-0.15, -0.1) is 0 Å². The van der Waals surface area contributed by atoms with Crippen LogP contribution in [-0.2, 0) is 4.74 Å². The van der Waals surface area contributed by atoms with Crippen LogP contribution >= 0.6 is 22.6 Å². The molecule has 0 fully saturated rings. The van der Waals surface area contributed by atoms with Crippen molar-refractivity contribution in [3.8, 4) is 0 Å². The molecule has 92 valence electrons. The molecule has 0 saturated heterocycles. The Morgan fingerprint density at radius 2 is 2.44 bits per heavy atom. The third-order valence-electron chi connectivity index (χ3n) is 3.19. The van der Waals surface area contributed by atoms with Crippen LogP contribution in [0.15, 0.2) is 23.3 Å². The molecule has 0 bridgehead atoms. The summed E-state index contributed by atoms with van der Waals surface area (Å²) in [5, 5.41) is 0. The molecular weight excluding hydrogens is 311 g/mol. The number of hydrogen-bond donors (Lipinski definition) is 0. The Bertz CT molecular complexity index is 255. The van der Waals surface area contributed by atoms with Gasteiger partial charge in [-0.25, -0.2) is 0 Å². The lowest BCUT2D eigenvalue weighted by Gasteiger charge is -2.21. The molecule has 1 aliphatic rings. The molecule has 0 aliphatic heterocycles. The molecule has 0 aromatic carbocycles. The second-order valence-electron chi connectivity index (χ2n) is 4.53. The van der Waals surface area contributed by atoms with Gasteiger partial charge in [-0.3, -0.25) is 0 Å². The van der Waals surface area contributed by atoms with E-state index in [9.17, 15) is 0 Å². The lowest BCUT2D eigenvalue weighted by atomic mass is 9.93. The van der Waals surface area contributed by atoms with Crippen LogP contribution in [0.25, 0.3) is 0 Å². The molecule has 0 radical (unpaired) electrons. The topological polar surface area (TPSA) is 9.23 Å². The van der Waals surface area contributed by atoms with Crippen LogP contribution in [0.2, 0.25) is 0 Å². The first-order valence-corrected chi connectivity index (χ1v) is 7.71. The van der Waals surface area contributed by atoms with Crippen LogP contribution in [0.1, 0.15) is 45.4 Å². The zero-order chi connectivity index (χ0) is 11.8. The van der Waals surface area contributed by atoms with E-state index in [-0.39, 0.29) is 0 Å². The molecule has 1 rings (SSSR count). The maximum atomic E-state index is 5.43. The van der Waals surface area contributed by atoms with E-state index in [1.165, 1.54) is 42.1 Å². The first-order valence-electron chi connectivity index (χ1n) is 6.18. The maximum absolute atomic E-state index is 5.43. The average Bonchev–Trinajstić information content (AvgIpc) is 2.30. The van der Waals surface area contributed by atoms with Crippen LogP contribution in [0, 0.1) is 0 Å². The number of allylic oxidation sites excluding steroid dienone is 3. The quantitative estimate of drug-likeness (QED) is 0.390. The van der Waals surface area contributed by atoms with Crippen molar-refractivity contribution in [2.45, 2.75) is 51.6 Å². The lowest BCUT2D eigenvalue weighted by Crippen LogP contribution is -2.14. The molecule has 1 atom stereocenters. The highest BCUT2D eigenvalue weighted by Gasteiger charge is 2.13. The summed E-state index contributed by atoms with van der Waals surface area (Å²) >= 11 is 2.44. The first-order chi connectivity index (χ1) is 7.76. The van der Waals surface area contributed by atoms with E-state index < -0.39 is 0 Å². The fourth-order valence-corrected chi connectivity index (χ4v) is 2.96. The molecule has 0 heterocycles. The third-order valence-corrected chi connectivity index (χ3v) is 3.73. The van der Waals surface area contributed by atoms with E-state index >= 15 is 0 Å². The Balaban J connectivity index is 2.27. The second-order valence-corrected chi connectivity index (χ2v) is 5.61. The van der Waals surface area contributed by atoms with Gasteiger partial charge >= 0.3 is 0 Å². The molecule has 1 nitrogen and oxygen atoms in total. The van der Waals surface area contributed by atoms with Crippen molar-refractivity contribution < 1.29 is 4.74 Å². The molecule has 0 saturated carbocycles. The smallest absolute Gasteiger partial charge is 0.0611 e. The standard InChI is InChI=1S/C14H23IO/c1-12(9-10-15)5-3-6-13-7-4-8-14(11-13)16-2/h5,7,14H,3-4,6,8-11H2,1-2H3/b12-5+. The normalized spacial score (nSPS) is 22.1. The van der Waals surface area contributed by atoms with E-state index in [1.807, 2.05) is 7.11 Å². The zero-order valence-electron chi connectivity index (χ0n) is 10.5. The molecule has 2 heteroatoms. The van der Waals surface area contributed by atoms with Crippen molar-refractivity contribution in [2.24, 2.45) is 0 Å². The van der Waals surface area contributed by atoms with Crippen LogP contribution in [0.4, 0.5) is 0 Å². The third kappa shape index (κ3) is 5.48. The van der Waals surface area contributed by atoms with Gasteiger partial charge in [0, 0.05) is 11.5 Å². The largest absolute Gasteiger partial charge is 0.381 e. The highest BCUT2D eigenvalue weighted by atomic mass is 127. The van der Waals surface area contributed by atoms with Gasteiger partial charge in [-0.1, -0.05) is 45.9 Å². The van der Waals surface area contributed by atoms with Gasteiger partial charge in [0.15, 0.2) is 0 Å². The first kappa shape index (κ1) is 14.2. The Hall–Kier alpha value is 0.170. The summed E-state index contributed by atoms with van der Waals surface area (Å²) in [6, 6.07) is 0. The molecule has 0 amide bonds. The number of alkyl halides is 1. The molecule has 16 heavy (non-hydrogen) atoms. The minimum Gasteiger partial charge on any atom is -0.381 e. The number of methoxy groups -OCH3 is 1. The SMILES string of the molecule is COC1CCC=C(CC/C=C(\C)CCI)C1. The zero-order valence-corrected chi connectivity index (χ0v) is 12.6. The van der Waals surface area contributed by atoms with E-state index in [2.05, 4.69) is 41.7 Å². The van der Waals surface area contributed by atoms with Crippen molar-refractivity contribution in [1.29, 1.82) is 0 Å². The van der Waals surface area contributed by atoms with Gasteiger partial charge in [-0.2, -0.15) is 0 Å². The number of hydrogen-bond acceptors (Lipinski definition) is 1. The van der Waals surface area contributed by atoms with Crippen molar-refractivity contribution in [3.63, 3.8) is 0 Å². The van der Waals surface area contributed by atoms with Gasteiger partial charge in [0.1, 0.15) is 0 Å². The summed E-state index contributed by atoms with van der Waals surface area (Å²) in [7, 11) is 1.83. The predicted molar refractivity (Wildman–Crippen MR) is 79.2 cm³/mol.